The summed E-state index contributed by atoms with van der Waals surface area (Å²) < 4.78 is 10.8. The highest BCUT2D eigenvalue weighted by Crippen LogP contribution is 2.33. The van der Waals surface area contributed by atoms with Gasteiger partial charge in [-0.1, -0.05) is 0 Å². The van der Waals surface area contributed by atoms with Gasteiger partial charge in [0.15, 0.2) is 0 Å². The highest BCUT2D eigenvalue weighted by Gasteiger charge is 2.21. The Balaban J connectivity index is 1.42. The van der Waals surface area contributed by atoms with Crippen LogP contribution in [0.5, 0.6) is 0 Å². The zero-order valence-corrected chi connectivity index (χ0v) is 18.3. The van der Waals surface area contributed by atoms with E-state index in [1.807, 2.05) is 12.1 Å². The number of aryl methyl sites for hydroxylation is 2. The molecular weight excluding hydrogens is 402 g/mol. The van der Waals surface area contributed by atoms with Crippen molar-refractivity contribution < 1.29 is 14.3 Å². The summed E-state index contributed by atoms with van der Waals surface area (Å²) in [6, 6.07) is 3.83. The van der Waals surface area contributed by atoms with Crippen molar-refractivity contribution in [3.05, 3.63) is 50.8 Å². The maximum atomic E-state index is 12.8. The molecule has 3 heterocycles. The first-order chi connectivity index (χ1) is 14.5. The quantitative estimate of drug-likeness (QED) is 0.540. The third-order valence-corrected chi connectivity index (χ3v) is 6.72. The van der Waals surface area contributed by atoms with Gasteiger partial charge < -0.3 is 19.2 Å². The second-order valence-corrected chi connectivity index (χ2v) is 9.26. The Labute approximate surface area is 179 Å². The third kappa shape index (κ3) is 4.83. The number of aromatic amines is 1. The Kier molecular flexibility index (Phi) is 6.67. The number of furan rings is 1. The van der Waals surface area contributed by atoms with Crippen molar-refractivity contribution in [1.29, 1.82) is 0 Å². The number of hydrogen-bond acceptors (Lipinski definition) is 7. The van der Waals surface area contributed by atoms with Crippen molar-refractivity contribution in [2.24, 2.45) is 0 Å². The molecule has 162 valence electrons. The van der Waals surface area contributed by atoms with Gasteiger partial charge in [-0.3, -0.25) is 9.69 Å². The Hall–Kier alpha value is -2.00. The zero-order valence-electron chi connectivity index (χ0n) is 17.5. The minimum atomic E-state index is -0.646. The average Bonchev–Trinajstić information content (AvgIpc) is 3.34. The lowest BCUT2D eigenvalue weighted by Gasteiger charge is -2.28. The molecular formula is C22H29N3O4S. The fourth-order valence-corrected chi connectivity index (χ4v) is 5.23. The second-order valence-electron chi connectivity index (χ2n) is 8.18. The normalized spacial score (nSPS) is 15.2. The molecule has 3 aromatic heterocycles. The number of aliphatic hydroxyl groups excluding tert-OH is 1. The number of fused-ring (bicyclic) bond motifs is 3. The topological polar surface area (TPSA) is 91.6 Å². The summed E-state index contributed by atoms with van der Waals surface area (Å²) in [7, 11) is 0. The van der Waals surface area contributed by atoms with Crippen LogP contribution in [0.15, 0.2) is 27.6 Å². The number of thiophene rings is 1. The molecule has 3 aromatic rings. The van der Waals surface area contributed by atoms with E-state index in [9.17, 15) is 9.90 Å². The molecule has 0 bridgehead atoms. The molecule has 0 aliphatic heterocycles. The maximum Gasteiger partial charge on any atom is 0.259 e. The summed E-state index contributed by atoms with van der Waals surface area (Å²) in [6.45, 7) is 5.58. The Morgan fingerprint density at radius 2 is 2.20 bits per heavy atom. The average molecular weight is 432 g/mol. The van der Waals surface area contributed by atoms with Gasteiger partial charge in [-0.25, -0.2) is 4.98 Å². The van der Waals surface area contributed by atoms with E-state index in [4.69, 9.17) is 14.1 Å². The Morgan fingerprint density at radius 3 is 2.97 bits per heavy atom. The van der Waals surface area contributed by atoms with Crippen LogP contribution >= 0.6 is 11.3 Å². The van der Waals surface area contributed by atoms with Crippen LogP contribution in [0.4, 0.5) is 0 Å². The summed E-state index contributed by atoms with van der Waals surface area (Å²) in [5, 5.41) is 11.2. The standard InChI is InChI=1S/C22H29N3O4S/c1-14(2)25(10-15(26)12-28-13-16-6-5-9-29-16)11-19-23-21(27)20-17-7-3-4-8-18(17)30-22(20)24-19/h5-6,9,14-15,26H,3-4,7-8,10-13H2,1-2H3,(H,23,24,27). The molecule has 0 aromatic carbocycles. The van der Waals surface area contributed by atoms with Crippen molar-refractivity contribution in [2.45, 2.75) is 64.8 Å². The van der Waals surface area contributed by atoms with Crippen molar-refractivity contribution >= 4 is 21.6 Å². The number of nitrogens with zero attached hydrogens (tertiary/aromatic N) is 2. The molecule has 0 saturated heterocycles. The monoisotopic (exact) mass is 431 g/mol. The number of rotatable bonds is 9. The summed E-state index contributed by atoms with van der Waals surface area (Å²) in [6.07, 6.45) is 5.30. The molecule has 0 spiro atoms. The van der Waals surface area contributed by atoms with E-state index in [0.29, 0.717) is 25.5 Å². The molecule has 8 heteroatoms. The van der Waals surface area contributed by atoms with Gasteiger partial charge in [-0.15, -0.1) is 11.3 Å². The highest BCUT2D eigenvalue weighted by molar-refractivity contribution is 7.18. The van der Waals surface area contributed by atoms with Crippen LogP contribution in [0.1, 0.15) is 48.7 Å². The molecule has 0 saturated carbocycles. The van der Waals surface area contributed by atoms with Crippen LogP contribution in [0.3, 0.4) is 0 Å². The molecule has 4 rings (SSSR count). The van der Waals surface area contributed by atoms with Crippen LogP contribution in [-0.2, 0) is 30.7 Å². The zero-order chi connectivity index (χ0) is 21.1. The van der Waals surface area contributed by atoms with E-state index < -0.39 is 6.10 Å². The van der Waals surface area contributed by atoms with E-state index in [0.717, 1.165) is 35.2 Å². The van der Waals surface area contributed by atoms with Gasteiger partial charge in [0.2, 0.25) is 0 Å². The minimum Gasteiger partial charge on any atom is -0.467 e. The molecule has 0 fully saturated rings. The lowest BCUT2D eigenvalue weighted by Crippen LogP contribution is -2.39. The SMILES string of the molecule is CC(C)N(Cc1nc2sc3c(c2c(=O)[nH]1)CCCC3)CC(O)COCc1ccco1. The van der Waals surface area contributed by atoms with Gasteiger partial charge >= 0.3 is 0 Å². The second kappa shape index (κ2) is 9.43. The van der Waals surface area contributed by atoms with Gasteiger partial charge in [0.25, 0.3) is 5.56 Å². The molecule has 0 radical (unpaired) electrons. The predicted molar refractivity (Wildman–Crippen MR) is 117 cm³/mol. The maximum absolute atomic E-state index is 12.8. The van der Waals surface area contributed by atoms with Crippen molar-refractivity contribution in [3.63, 3.8) is 0 Å². The Morgan fingerprint density at radius 1 is 1.37 bits per heavy atom. The van der Waals surface area contributed by atoms with Gasteiger partial charge in [0.1, 0.15) is 23.0 Å². The smallest absolute Gasteiger partial charge is 0.259 e. The van der Waals surface area contributed by atoms with Crippen molar-refractivity contribution in [1.82, 2.24) is 14.9 Å². The van der Waals surface area contributed by atoms with E-state index >= 15 is 0 Å². The minimum absolute atomic E-state index is 0.0413. The molecule has 7 nitrogen and oxygen atoms in total. The summed E-state index contributed by atoms with van der Waals surface area (Å²) in [5.74, 6) is 1.38. The van der Waals surface area contributed by atoms with Gasteiger partial charge in [-0.2, -0.15) is 0 Å². The van der Waals surface area contributed by atoms with Crippen LogP contribution < -0.4 is 5.56 Å². The highest BCUT2D eigenvalue weighted by atomic mass is 32.1. The van der Waals surface area contributed by atoms with Gasteiger partial charge in [0.05, 0.1) is 30.9 Å². The molecule has 30 heavy (non-hydrogen) atoms. The van der Waals surface area contributed by atoms with Crippen LogP contribution in [0.2, 0.25) is 0 Å². The number of aromatic nitrogens is 2. The van der Waals surface area contributed by atoms with Gasteiger partial charge in [0, 0.05) is 17.5 Å². The molecule has 0 amide bonds. The van der Waals surface area contributed by atoms with Crippen LogP contribution in [0, 0.1) is 0 Å². The van der Waals surface area contributed by atoms with E-state index in [1.165, 1.54) is 16.9 Å². The van der Waals surface area contributed by atoms with E-state index in [1.54, 1.807) is 17.6 Å². The third-order valence-electron chi connectivity index (χ3n) is 5.54. The molecule has 1 atom stereocenters. The number of hydrogen-bond donors (Lipinski definition) is 2. The number of ether oxygens (including phenoxy) is 1. The first-order valence-corrected chi connectivity index (χ1v) is 11.4. The van der Waals surface area contributed by atoms with E-state index in [-0.39, 0.29) is 18.2 Å². The van der Waals surface area contributed by atoms with Crippen LogP contribution in [-0.4, -0.2) is 45.3 Å². The fraction of sp³-hybridized carbons (Fsp3) is 0.545. The first kappa shape index (κ1) is 21.2. The van der Waals surface area contributed by atoms with E-state index in [2.05, 4.69) is 23.7 Å². The number of H-pyrrole nitrogens is 1. The summed E-state index contributed by atoms with van der Waals surface area (Å²) >= 11 is 1.66. The lowest BCUT2D eigenvalue weighted by atomic mass is 9.97. The molecule has 1 aliphatic rings. The molecule has 1 unspecified atom stereocenters. The lowest BCUT2D eigenvalue weighted by molar-refractivity contribution is -0.00158. The molecule has 1 aliphatic carbocycles. The predicted octanol–water partition coefficient (Wildman–Crippen LogP) is 3.24. The fourth-order valence-electron chi connectivity index (χ4n) is 3.95. The van der Waals surface area contributed by atoms with Gasteiger partial charge in [-0.05, 0) is 57.2 Å². The van der Waals surface area contributed by atoms with Crippen molar-refractivity contribution in [3.8, 4) is 0 Å². The molecule has 2 N–H and O–H groups in total. The van der Waals surface area contributed by atoms with Crippen LogP contribution in [0.25, 0.3) is 10.2 Å². The van der Waals surface area contributed by atoms with Crippen molar-refractivity contribution in [2.75, 3.05) is 13.2 Å². The summed E-state index contributed by atoms with van der Waals surface area (Å²) in [4.78, 5) is 24.8. The Bertz CT molecular complexity index is 1030. The number of aliphatic hydroxyl groups is 1. The summed E-state index contributed by atoms with van der Waals surface area (Å²) in [5.41, 5.74) is 1.16. The largest absolute Gasteiger partial charge is 0.467 e. The first-order valence-electron chi connectivity index (χ1n) is 10.6. The number of nitrogens with one attached hydrogen (secondary N) is 1.